The molecular formula is C56H103NO18. The van der Waals surface area contributed by atoms with Gasteiger partial charge in [-0.2, -0.15) is 0 Å². The highest BCUT2D eigenvalue weighted by Gasteiger charge is 2.53. The van der Waals surface area contributed by atoms with Crippen LogP contribution in [0.1, 0.15) is 194 Å². The van der Waals surface area contributed by atoms with Crippen molar-refractivity contribution in [2.24, 2.45) is 0 Å². The zero-order chi connectivity index (χ0) is 54.8. The van der Waals surface area contributed by atoms with Gasteiger partial charge >= 0.3 is 0 Å². The summed E-state index contributed by atoms with van der Waals surface area (Å²) in [5.74, 6) is -0.286. The van der Waals surface area contributed by atoms with E-state index in [0.717, 1.165) is 38.5 Å². The van der Waals surface area contributed by atoms with Crippen LogP contribution in [-0.4, -0.2) is 193 Å². The molecule has 3 rings (SSSR count). The lowest BCUT2D eigenvalue weighted by atomic mass is 9.96. The lowest BCUT2D eigenvalue weighted by Gasteiger charge is -2.48. The number of hydrogen-bond donors (Lipinski definition) is 12. The molecule has 0 spiro atoms. The van der Waals surface area contributed by atoms with Gasteiger partial charge in [0.05, 0.1) is 38.6 Å². The van der Waals surface area contributed by atoms with Crippen molar-refractivity contribution in [3.63, 3.8) is 0 Å². The highest BCUT2D eigenvalue weighted by molar-refractivity contribution is 5.76. The van der Waals surface area contributed by atoms with E-state index in [2.05, 4.69) is 31.3 Å². The minimum Gasteiger partial charge on any atom is -0.394 e. The molecule has 3 aliphatic rings. The van der Waals surface area contributed by atoms with Crippen molar-refractivity contribution >= 4 is 5.91 Å². The molecule has 0 aliphatic carbocycles. The van der Waals surface area contributed by atoms with E-state index in [1.165, 1.54) is 122 Å². The molecule has 3 fully saturated rings. The van der Waals surface area contributed by atoms with E-state index >= 15 is 0 Å². The molecular weight excluding hydrogens is 975 g/mol. The fourth-order valence-electron chi connectivity index (χ4n) is 9.91. The van der Waals surface area contributed by atoms with Crippen molar-refractivity contribution in [1.82, 2.24) is 5.32 Å². The van der Waals surface area contributed by atoms with E-state index in [-0.39, 0.29) is 18.9 Å². The molecule has 440 valence electrons. The van der Waals surface area contributed by atoms with E-state index in [0.29, 0.717) is 12.8 Å². The smallest absolute Gasteiger partial charge is 0.220 e. The largest absolute Gasteiger partial charge is 0.394 e. The highest BCUT2D eigenvalue weighted by atomic mass is 16.8. The summed E-state index contributed by atoms with van der Waals surface area (Å²) < 4.78 is 34.2. The number of unbranched alkanes of at least 4 members (excludes halogenated alkanes) is 24. The second-order valence-electron chi connectivity index (χ2n) is 21.1. The van der Waals surface area contributed by atoms with Crippen LogP contribution in [0.5, 0.6) is 0 Å². The molecule has 0 saturated carbocycles. The summed E-state index contributed by atoms with van der Waals surface area (Å²) in [5.41, 5.74) is 0. The molecule has 0 aromatic rings. The number of hydrogen-bond acceptors (Lipinski definition) is 18. The van der Waals surface area contributed by atoms with E-state index in [4.69, 9.17) is 28.4 Å². The number of aliphatic hydroxyl groups is 11. The number of carbonyl (C=O) groups is 1. The normalized spacial score (nSPS) is 31.3. The Kier molecular flexibility index (Phi) is 36.4. The quantitative estimate of drug-likeness (QED) is 0.0298. The van der Waals surface area contributed by atoms with Crippen molar-refractivity contribution in [3.05, 3.63) is 24.3 Å². The second-order valence-corrected chi connectivity index (χ2v) is 21.1. The molecule has 0 radical (unpaired) electrons. The lowest BCUT2D eigenvalue weighted by molar-refractivity contribution is -0.379. The fraction of sp³-hybridized carbons (Fsp3) is 0.911. The van der Waals surface area contributed by atoms with Crippen molar-refractivity contribution in [1.29, 1.82) is 0 Å². The third-order valence-electron chi connectivity index (χ3n) is 14.8. The number of carbonyl (C=O) groups excluding carboxylic acids is 1. The molecule has 3 heterocycles. The van der Waals surface area contributed by atoms with Crippen LogP contribution in [0.3, 0.4) is 0 Å². The van der Waals surface area contributed by atoms with Crippen molar-refractivity contribution in [2.45, 2.75) is 298 Å². The summed E-state index contributed by atoms with van der Waals surface area (Å²) in [4.78, 5) is 13.3. The molecule has 1 amide bonds. The lowest BCUT2D eigenvalue weighted by Crippen LogP contribution is -2.66. The molecule has 3 aliphatic heterocycles. The Hall–Kier alpha value is -1.73. The van der Waals surface area contributed by atoms with Gasteiger partial charge in [-0.1, -0.05) is 179 Å². The van der Waals surface area contributed by atoms with Crippen molar-refractivity contribution in [2.75, 3.05) is 26.4 Å². The third kappa shape index (κ3) is 25.1. The van der Waals surface area contributed by atoms with E-state index in [1.54, 1.807) is 6.08 Å². The number of ether oxygens (including phenoxy) is 6. The Morgan fingerprint density at radius 2 is 0.853 bits per heavy atom. The molecule has 75 heavy (non-hydrogen) atoms. The number of nitrogens with one attached hydrogen (secondary N) is 1. The summed E-state index contributed by atoms with van der Waals surface area (Å²) in [7, 11) is 0. The summed E-state index contributed by atoms with van der Waals surface area (Å²) >= 11 is 0. The molecule has 19 heteroatoms. The van der Waals surface area contributed by atoms with Crippen molar-refractivity contribution < 1.29 is 89.4 Å². The number of allylic oxidation sites excluding steroid dienone is 3. The van der Waals surface area contributed by atoms with Crippen molar-refractivity contribution in [3.8, 4) is 0 Å². The third-order valence-corrected chi connectivity index (χ3v) is 14.8. The standard InChI is InChI=1S/C56H103NO18/c1-3-5-7-9-11-13-15-17-18-19-20-21-22-23-25-27-29-31-33-40(61)39(57-44(62)34-32-30-28-26-24-16-14-12-10-8-6-4-2)38-70-54-50(68)47(65)52(42(36-59)72-54)75-56-51(69)48(66)53(43(37-60)73-56)74-55-49(67)46(64)45(63)41(35-58)71-55/h23,25,31,33,39-43,45-56,58-61,63-69H,3-22,24,26-30,32,34-38H2,1-2H3,(H,57,62)/b25-23+,33-31+. The molecule has 12 N–H and O–H groups in total. The maximum absolute atomic E-state index is 13.3. The Morgan fingerprint density at radius 1 is 0.467 bits per heavy atom. The number of amides is 1. The SMILES string of the molecule is CCCCCCCCCCCCCC/C=C/CC/C=C/C(O)C(COC1OC(CO)C(OC2OC(CO)C(OC3OC(CO)C(O)C(O)C3O)C(O)C2O)C(O)C1O)NC(=O)CCCCCCCCCCCCCC. The first-order valence-corrected chi connectivity index (χ1v) is 29.1. The molecule has 19 nitrogen and oxygen atoms in total. The fourth-order valence-corrected chi connectivity index (χ4v) is 9.91. The molecule has 17 unspecified atom stereocenters. The van der Waals surface area contributed by atoms with Crippen LogP contribution >= 0.6 is 0 Å². The van der Waals surface area contributed by atoms with Crippen LogP contribution < -0.4 is 5.32 Å². The minimum absolute atomic E-state index is 0.239. The Bertz CT molecular complexity index is 1480. The predicted molar refractivity (Wildman–Crippen MR) is 282 cm³/mol. The topological polar surface area (TPSA) is 307 Å². The van der Waals surface area contributed by atoms with Gasteiger partial charge in [-0.25, -0.2) is 0 Å². The summed E-state index contributed by atoms with van der Waals surface area (Å²) in [6.07, 6.45) is 13.1. The zero-order valence-corrected chi connectivity index (χ0v) is 45.5. The highest BCUT2D eigenvalue weighted by Crippen LogP contribution is 2.33. The van der Waals surface area contributed by atoms with Gasteiger partial charge in [-0.3, -0.25) is 4.79 Å². The molecule has 0 aromatic carbocycles. The van der Waals surface area contributed by atoms with Gasteiger partial charge in [0.25, 0.3) is 0 Å². The van der Waals surface area contributed by atoms with Gasteiger partial charge in [-0.15, -0.1) is 0 Å². The maximum Gasteiger partial charge on any atom is 0.220 e. The van der Waals surface area contributed by atoms with E-state index in [9.17, 15) is 61.0 Å². The van der Waals surface area contributed by atoms with Crippen LogP contribution in [0.25, 0.3) is 0 Å². The van der Waals surface area contributed by atoms with Gasteiger partial charge in [0.1, 0.15) is 73.2 Å². The minimum atomic E-state index is -1.98. The van der Waals surface area contributed by atoms with Gasteiger partial charge in [-0.05, 0) is 32.1 Å². The first kappa shape index (κ1) is 67.5. The van der Waals surface area contributed by atoms with Crippen LogP contribution in [0.2, 0.25) is 0 Å². The summed E-state index contributed by atoms with van der Waals surface area (Å²) in [6.45, 7) is 1.69. The van der Waals surface area contributed by atoms with Crippen LogP contribution in [-0.2, 0) is 33.2 Å². The van der Waals surface area contributed by atoms with Crippen LogP contribution in [0, 0.1) is 0 Å². The molecule has 17 atom stereocenters. The monoisotopic (exact) mass is 1080 g/mol. The summed E-state index contributed by atoms with van der Waals surface area (Å²) in [6, 6.07) is -0.984. The van der Waals surface area contributed by atoms with Gasteiger partial charge in [0.15, 0.2) is 18.9 Å². The predicted octanol–water partition coefficient (Wildman–Crippen LogP) is 4.37. The first-order chi connectivity index (χ1) is 36.3. The van der Waals surface area contributed by atoms with Crippen LogP contribution in [0.4, 0.5) is 0 Å². The van der Waals surface area contributed by atoms with Gasteiger partial charge < -0.3 is 89.9 Å². The van der Waals surface area contributed by atoms with E-state index < -0.39 is 124 Å². The molecule has 0 bridgehead atoms. The maximum atomic E-state index is 13.3. The molecule has 3 saturated heterocycles. The number of rotatable bonds is 42. The Labute approximate surface area is 448 Å². The summed E-state index contributed by atoms with van der Waals surface area (Å²) in [5, 5.41) is 120. The number of aliphatic hydroxyl groups excluding tert-OH is 11. The van der Waals surface area contributed by atoms with Gasteiger partial charge in [0.2, 0.25) is 5.91 Å². The van der Waals surface area contributed by atoms with Crippen LogP contribution in [0.15, 0.2) is 24.3 Å². The van der Waals surface area contributed by atoms with E-state index in [1.807, 2.05) is 6.08 Å². The Morgan fingerprint density at radius 3 is 1.33 bits per heavy atom. The second kappa shape index (κ2) is 40.4. The average molecular weight is 1080 g/mol. The Balaban J connectivity index is 1.53. The van der Waals surface area contributed by atoms with Gasteiger partial charge in [0, 0.05) is 6.42 Å². The average Bonchev–Trinajstić information content (AvgIpc) is 3.41. The molecule has 0 aromatic heterocycles. The zero-order valence-electron chi connectivity index (χ0n) is 45.5. The first-order valence-electron chi connectivity index (χ1n) is 29.1.